The van der Waals surface area contributed by atoms with E-state index >= 15 is 0 Å². The van der Waals surface area contributed by atoms with Crippen molar-refractivity contribution in [2.45, 2.75) is 37.2 Å². The average molecular weight is 662 g/mol. The van der Waals surface area contributed by atoms with Crippen molar-refractivity contribution in [3.05, 3.63) is 114 Å². The van der Waals surface area contributed by atoms with E-state index in [4.69, 9.17) is 9.97 Å². The molecule has 0 aliphatic carbocycles. The summed E-state index contributed by atoms with van der Waals surface area (Å²) in [7, 11) is -4.14. The Balaban J connectivity index is 1.27. The number of aryl methyl sites for hydroxylation is 2. The van der Waals surface area contributed by atoms with Crippen molar-refractivity contribution in [3.63, 3.8) is 0 Å². The van der Waals surface area contributed by atoms with Gasteiger partial charge >= 0.3 is 0 Å². The first-order valence-electron chi connectivity index (χ1n) is 16.3. The number of para-hydroxylation sites is 1. The molecule has 10 rings (SSSR count). The fraction of sp³-hybridized carbons (Fsp3) is 0.179. The van der Waals surface area contributed by atoms with Crippen LogP contribution in [0.1, 0.15) is 23.1 Å². The summed E-state index contributed by atoms with van der Waals surface area (Å²) < 4.78 is 30.5. The third kappa shape index (κ3) is 4.77. The zero-order valence-electron chi connectivity index (χ0n) is 26.9. The molecule has 2 atom stereocenters. The highest BCUT2D eigenvalue weighted by Gasteiger charge is 2.37. The maximum Gasteiger partial charge on any atom is 0.269 e. The Morgan fingerprint density at radius 2 is 1.61 bits per heavy atom. The number of hydrogen-bond acceptors (Lipinski definition) is 8. The molecule has 7 aromatic rings. The molecule has 3 aromatic carbocycles. The van der Waals surface area contributed by atoms with Crippen molar-refractivity contribution in [2.75, 3.05) is 18.0 Å². The second kappa shape index (κ2) is 11.0. The summed E-state index contributed by atoms with van der Waals surface area (Å²) in [6, 6.07) is 29.9. The average Bonchev–Trinajstić information content (AvgIpc) is 3.51. The summed E-state index contributed by atoms with van der Waals surface area (Å²) >= 11 is 0. The lowest BCUT2D eigenvalue weighted by molar-refractivity contribution is 0.225. The number of anilines is 1. The normalized spacial score (nSPS) is 17.4. The van der Waals surface area contributed by atoms with Gasteiger partial charge in [-0.05, 0) is 80.4 Å². The van der Waals surface area contributed by atoms with Crippen LogP contribution in [0.5, 0.6) is 0 Å². The number of piperazine rings is 1. The number of fused-ring (bicyclic) bond motifs is 5. The molecule has 3 fully saturated rings. The van der Waals surface area contributed by atoms with Gasteiger partial charge in [-0.15, -0.1) is 0 Å². The van der Waals surface area contributed by atoms with Crippen LogP contribution in [0.25, 0.3) is 55.2 Å². The van der Waals surface area contributed by atoms with Crippen LogP contribution in [-0.4, -0.2) is 52.5 Å². The van der Waals surface area contributed by atoms with Crippen LogP contribution in [0.15, 0.2) is 102 Å². The van der Waals surface area contributed by atoms with Gasteiger partial charge in [0.25, 0.3) is 10.0 Å². The predicted octanol–water partition coefficient (Wildman–Crippen LogP) is 6.74. The monoisotopic (exact) mass is 661 g/mol. The lowest BCUT2D eigenvalue weighted by atomic mass is 9.91. The molecule has 3 aliphatic rings. The molecule has 7 heterocycles. The van der Waals surface area contributed by atoms with E-state index in [9.17, 15) is 13.7 Å². The molecule has 240 valence electrons. The zero-order valence-corrected chi connectivity index (χ0v) is 27.7. The van der Waals surface area contributed by atoms with Crippen molar-refractivity contribution in [2.24, 2.45) is 0 Å². The van der Waals surface area contributed by atoms with Crippen molar-refractivity contribution in [3.8, 4) is 28.5 Å². The fourth-order valence-electron chi connectivity index (χ4n) is 7.41. The molecule has 3 aliphatic heterocycles. The van der Waals surface area contributed by atoms with Crippen LogP contribution in [-0.2, 0) is 10.0 Å². The Kier molecular flexibility index (Phi) is 6.59. The largest absolute Gasteiger partial charge is 0.353 e. The topological polar surface area (TPSA) is 117 Å². The van der Waals surface area contributed by atoms with Crippen LogP contribution < -0.4 is 10.2 Å². The Morgan fingerprint density at radius 3 is 2.35 bits per heavy atom. The number of hydrogen-bond donors (Lipinski definition) is 1. The zero-order chi connectivity index (χ0) is 33.4. The van der Waals surface area contributed by atoms with Gasteiger partial charge in [0, 0.05) is 70.4 Å². The first-order valence-corrected chi connectivity index (χ1v) is 17.8. The van der Waals surface area contributed by atoms with E-state index in [1.165, 1.54) is 16.6 Å². The highest BCUT2D eigenvalue weighted by atomic mass is 32.2. The summed E-state index contributed by atoms with van der Waals surface area (Å²) in [6.45, 7) is 5.74. The summed E-state index contributed by atoms with van der Waals surface area (Å²) in [5, 5.41) is 16.4. The molecular formula is C39H31N7O2S. The summed E-state index contributed by atoms with van der Waals surface area (Å²) in [6.07, 6.45) is 4.43. The van der Waals surface area contributed by atoms with Gasteiger partial charge in [-0.3, -0.25) is 0 Å². The van der Waals surface area contributed by atoms with E-state index in [1.54, 1.807) is 30.5 Å². The molecule has 49 heavy (non-hydrogen) atoms. The molecule has 4 aromatic heterocycles. The Bertz CT molecular complexity index is 2610. The summed E-state index contributed by atoms with van der Waals surface area (Å²) in [5.41, 5.74) is 6.53. The van der Waals surface area contributed by atoms with Gasteiger partial charge in [0.15, 0.2) is 5.65 Å². The Hall–Kier alpha value is -5.63. The molecule has 0 amide bonds. The van der Waals surface area contributed by atoms with Gasteiger partial charge in [0.1, 0.15) is 11.9 Å². The van der Waals surface area contributed by atoms with Gasteiger partial charge in [-0.25, -0.2) is 27.3 Å². The number of nitrogens with one attached hydrogen (secondary N) is 1. The van der Waals surface area contributed by atoms with Gasteiger partial charge in [-0.1, -0.05) is 35.9 Å². The van der Waals surface area contributed by atoms with E-state index in [0.717, 1.165) is 51.8 Å². The lowest BCUT2D eigenvalue weighted by Gasteiger charge is -2.48. The molecule has 10 heteroatoms. The lowest BCUT2D eigenvalue weighted by Crippen LogP contribution is -2.67. The second-order valence-corrected chi connectivity index (χ2v) is 14.9. The van der Waals surface area contributed by atoms with E-state index in [-0.39, 0.29) is 10.5 Å². The first-order chi connectivity index (χ1) is 23.8. The number of nitrogens with zero attached hydrogens (tertiary/aromatic N) is 6. The van der Waals surface area contributed by atoms with Gasteiger partial charge in [0.2, 0.25) is 0 Å². The van der Waals surface area contributed by atoms with Crippen LogP contribution in [0, 0.1) is 25.2 Å². The van der Waals surface area contributed by atoms with Crippen LogP contribution >= 0.6 is 0 Å². The van der Waals surface area contributed by atoms with E-state index < -0.39 is 10.0 Å². The molecule has 0 spiro atoms. The van der Waals surface area contributed by atoms with Crippen LogP contribution in [0.3, 0.4) is 0 Å². The predicted molar refractivity (Wildman–Crippen MR) is 192 cm³/mol. The maximum atomic E-state index is 14.6. The van der Waals surface area contributed by atoms with Gasteiger partial charge in [-0.2, -0.15) is 5.26 Å². The van der Waals surface area contributed by atoms with E-state index in [0.29, 0.717) is 45.4 Å². The SMILES string of the molecule is Cc1ccc(S(=O)(=O)n2c(-c3cc(C)c4cc5ccccc5nc4c3)cc3c(-c4ccc(N5CC6CC(C5)N6)nc4)c(C#N)cnc32)cc1. The van der Waals surface area contributed by atoms with E-state index in [2.05, 4.69) is 27.3 Å². The minimum Gasteiger partial charge on any atom is -0.353 e. The quantitative estimate of drug-likeness (QED) is 0.202. The summed E-state index contributed by atoms with van der Waals surface area (Å²) in [4.78, 5) is 16.8. The smallest absolute Gasteiger partial charge is 0.269 e. The standard InChI is InChI=1S/C39H31N7O2S/c1-23-7-10-31(11-8-23)49(47,48)46-36(27-13-24(2)32-14-25-5-3-4-6-34(25)44-35(32)15-27)17-33-38(28(18-40)20-42-39(33)46)26-9-12-37(41-19-26)45-21-29-16-30(22-45)43-29/h3-15,17,19-20,29-30,43H,16,21-22H2,1-2H3. The number of rotatable bonds is 5. The molecule has 0 radical (unpaired) electrons. The van der Waals surface area contributed by atoms with Crippen molar-refractivity contribution < 1.29 is 8.42 Å². The molecule has 1 N–H and O–H groups in total. The minimum atomic E-state index is -4.14. The molecular weight excluding hydrogens is 631 g/mol. The van der Waals surface area contributed by atoms with E-state index in [1.807, 2.05) is 68.4 Å². The third-order valence-electron chi connectivity index (χ3n) is 9.89. The molecule has 2 unspecified atom stereocenters. The Morgan fingerprint density at radius 1 is 0.837 bits per heavy atom. The fourth-order valence-corrected chi connectivity index (χ4v) is 8.89. The highest BCUT2D eigenvalue weighted by Crippen LogP contribution is 2.40. The van der Waals surface area contributed by atoms with Crippen molar-refractivity contribution >= 4 is 48.7 Å². The maximum absolute atomic E-state index is 14.6. The van der Waals surface area contributed by atoms with Gasteiger partial charge in [0.05, 0.1) is 27.2 Å². The minimum absolute atomic E-state index is 0.145. The first kappa shape index (κ1) is 29.5. The number of aromatic nitrogens is 4. The number of nitriles is 1. The second-order valence-electron chi connectivity index (χ2n) is 13.2. The van der Waals surface area contributed by atoms with Crippen LogP contribution in [0.4, 0.5) is 5.82 Å². The number of benzene rings is 3. The molecule has 3 saturated heterocycles. The van der Waals surface area contributed by atoms with Crippen molar-refractivity contribution in [1.82, 2.24) is 24.2 Å². The highest BCUT2D eigenvalue weighted by molar-refractivity contribution is 7.90. The third-order valence-corrected chi connectivity index (χ3v) is 11.6. The molecule has 0 saturated carbocycles. The van der Waals surface area contributed by atoms with Crippen molar-refractivity contribution in [1.29, 1.82) is 5.26 Å². The molecule has 2 bridgehead atoms. The summed E-state index contributed by atoms with van der Waals surface area (Å²) in [5.74, 6) is 0.885. The Labute approximate surface area is 283 Å². The number of piperidine rings is 1. The van der Waals surface area contributed by atoms with Crippen LogP contribution in [0.2, 0.25) is 0 Å². The molecule has 9 nitrogen and oxygen atoms in total. The number of pyridine rings is 3. The van der Waals surface area contributed by atoms with Gasteiger partial charge < -0.3 is 10.2 Å².